The quantitative estimate of drug-likeness (QED) is 0.222. The van der Waals surface area contributed by atoms with E-state index in [-0.39, 0.29) is 64.4 Å². The second-order valence-corrected chi connectivity index (χ2v) is 13.5. The molecule has 11 unspecified atom stereocenters. The molecule has 5 saturated heterocycles. The van der Waals surface area contributed by atoms with Crippen LogP contribution in [0, 0.1) is 17.8 Å². The summed E-state index contributed by atoms with van der Waals surface area (Å²) in [6.45, 7) is 4.30. The number of nitrogens with one attached hydrogen (secondary N) is 5. The first kappa shape index (κ1) is 30.6. The highest BCUT2D eigenvalue weighted by Gasteiger charge is 2.48. The van der Waals surface area contributed by atoms with Gasteiger partial charge in [0.1, 0.15) is 11.7 Å². The first-order chi connectivity index (χ1) is 19.0. The van der Waals surface area contributed by atoms with E-state index in [1.165, 1.54) is 0 Å². The molecule has 5 rings (SSSR count). The molecule has 0 spiro atoms. The lowest BCUT2D eigenvalue weighted by Crippen LogP contribution is -2.57. The summed E-state index contributed by atoms with van der Waals surface area (Å²) in [5, 5.41) is 16.2. The Morgan fingerprint density at radius 3 is 2.60 bits per heavy atom. The Labute approximate surface area is 241 Å². The van der Waals surface area contributed by atoms with Crippen LogP contribution in [0.15, 0.2) is 0 Å². The maximum atomic E-state index is 13.6. The van der Waals surface area contributed by atoms with Gasteiger partial charge in [0.15, 0.2) is 0 Å². The average molecular weight is 613 g/mol. The van der Waals surface area contributed by atoms with Crippen molar-refractivity contribution in [1.82, 2.24) is 31.5 Å². The zero-order valence-electron chi connectivity index (χ0n) is 22.7. The molecule has 11 atom stereocenters. The predicted octanol–water partition coefficient (Wildman–Crippen LogP) is 1.11. The molecule has 0 bridgehead atoms. The van der Waals surface area contributed by atoms with Gasteiger partial charge in [-0.25, -0.2) is 0 Å². The number of thioether (sulfide) groups is 1. The molecule has 0 aromatic heterocycles. The number of halogens is 4. The van der Waals surface area contributed by atoms with Crippen LogP contribution in [0.2, 0.25) is 0 Å². The van der Waals surface area contributed by atoms with Crippen molar-refractivity contribution < 1.29 is 32.2 Å². The van der Waals surface area contributed by atoms with Gasteiger partial charge in [0, 0.05) is 50.6 Å². The van der Waals surface area contributed by atoms with Gasteiger partial charge in [-0.15, -0.1) is 36.5 Å². The lowest BCUT2D eigenvalue weighted by molar-refractivity contribution is -0.349. The third kappa shape index (κ3) is 7.19. The van der Waals surface area contributed by atoms with Crippen LogP contribution in [0.1, 0.15) is 39.0 Å². The number of carbonyl (C=O) groups excluding carboxylic acids is 2. The first-order valence-corrected chi connectivity index (χ1v) is 15.5. The van der Waals surface area contributed by atoms with Gasteiger partial charge >= 0.3 is 6.36 Å². The first-order valence-electron chi connectivity index (χ1n) is 14.2. The van der Waals surface area contributed by atoms with E-state index in [0.29, 0.717) is 45.1 Å². The van der Waals surface area contributed by atoms with Gasteiger partial charge in [0.05, 0.1) is 23.6 Å². The highest BCUT2D eigenvalue weighted by molar-refractivity contribution is 8.00. The minimum atomic E-state index is -4.75. The maximum Gasteiger partial charge on any atom is 0.524 e. The second kappa shape index (κ2) is 12.8. The van der Waals surface area contributed by atoms with Crippen LogP contribution in [-0.2, 0) is 19.1 Å². The van der Waals surface area contributed by atoms with E-state index in [9.17, 15) is 22.8 Å². The molecule has 0 aliphatic carbocycles. The van der Waals surface area contributed by atoms with Gasteiger partial charge in [-0.2, -0.15) is 0 Å². The molecule has 0 radical (unpaired) electrons. The van der Waals surface area contributed by atoms with Crippen LogP contribution in [0.3, 0.4) is 0 Å². The number of amides is 2. The summed E-state index contributed by atoms with van der Waals surface area (Å²) < 4.78 is 47.8. The zero-order chi connectivity index (χ0) is 28.6. The summed E-state index contributed by atoms with van der Waals surface area (Å²) in [5.41, 5.74) is -0.418. The normalized spacial score (nSPS) is 42.5. The summed E-state index contributed by atoms with van der Waals surface area (Å²) in [6, 6.07) is -0.409. The van der Waals surface area contributed by atoms with Crippen molar-refractivity contribution in [3.05, 3.63) is 0 Å². The predicted molar refractivity (Wildman–Crippen MR) is 144 cm³/mol. The molecule has 5 aliphatic heterocycles. The third-order valence-electron chi connectivity index (χ3n) is 8.96. The van der Waals surface area contributed by atoms with Crippen molar-refractivity contribution in [2.45, 2.75) is 92.1 Å². The smallest absolute Gasteiger partial charge is 0.380 e. The Kier molecular flexibility index (Phi) is 9.77. The number of fused-ring (bicyclic) bond motifs is 1. The third-order valence-corrected chi connectivity index (χ3v) is 10.6. The fourth-order valence-electron chi connectivity index (χ4n) is 7.01. The fraction of sp³-hybridized carbons (Fsp3) is 0.920. The van der Waals surface area contributed by atoms with Gasteiger partial charge in [-0.05, 0) is 50.9 Å². The van der Waals surface area contributed by atoms with Crippen LogP contribution in [-0.4, -0.2) is 103 Å². The maximum absolute atomic E-state index is 13.6. The Morgan fingerprint density at radius 1 is 1.07 bits per heavy atom. The number of alkyl halides is 4. The number of rotatable bonds is 6. The van der Waals surface area contributed by atoms with Crippen molar-refractivity contribution >= 4 is 35.2 Å². The van der Waals surface area contributed by atoms with Crippen LogP contribution in [0.25, 0.3) is 0 Å². The Balaban J connectivity index is 1.13. The highest BCUT2D eigenvalue weighted by Crippen LogP contribution is 2.39. The van der Waals surface area contributed by atoms with E-state index in [4.69, 9.17) is 16.3 Å². The minimum absolute atomic E-state index is 0.00332. The molecule has 0 aromatic rings. The topological polar surface area (TPSA) is 116 Å². The van der Waals surface area contributed by atoms with Gasteiger partial charge in [0.25, 0.3) is 0 Å². The summed E-state index contributed by atoms with van der Waals surface area (Å²) >= 11 is 8.03. The zero-order valence-corrected chi connectivity index (χ0v) is 24.3. The molecule has 15 heteroatoms. The molecule has 40 heavy (non-hydrogen) atoms. The minimum Gasteiger partial charge on any atom is -0.380 e. The molecule has 228 valence electrons. The summed E-state index contributed by atoms with van der Waals surface area (Å²) in [6.07, 6.45) is -3.19. The van der Waals surface area contributed by atoms with Crippen molar-refractivity contribution in [2.75, 3.05) is 33.3 Å². The highest BCUT2D eigenvalue weighted by atomic mass is 35.5. The number of hydrogen-bond acceptors (Lipinski definition) is 9. The monoisotopic (exact) mass is 612 g/mol. The van der Waals surface area contributed by atoms with E-state index in [1.54, 1.807) is 23.8 Å². The standard InChI is InChI=1S/C25H40ClF3N6O4S/c1-12-6-13(14-7-20(26)31-9-18(14)38-2)15(8-30-12)22(36)34-24-33-17-10-35(11-19(17)40-24)23(37)16-4-3-5-21(32-16)39-25(27,28)29/h12-21,24,30-33H,3-11H2,1-2H3,(H,34,36). The summed E-state index contributed by atoms with van der Waals surface area (Å²) in [7, 11) is 1.71. The molecule has 5 aliphatic rings. The summed E-state index contributed by atoms with van der Waals surface area (Å²) in [4.78, 5) is 28.3. The van der Waals surface area contributed by atoms with Crippen molar-refractivity contribution in [1.29, 1.82) is 0 Å². The van der Waals surface area contributed by atoms with E-state index in [2.05, 4.69) is 38.2 Å². The molecule has 0 saturated carbocycles. The number of nitrogens with zero attached hydrogens (tertiary/aromatic N) is 1. The Bertz CT molecular complexity index is 910. The summed E-state index contributed by atoms with van der Waals surface area (Å²) in [5.74, 6) is -0.122. The largest absolute Gasteiger partial charge is 0.524 e. The van der Waals surface area contributed by atoms with E-state index < -0.39 is 18.6 Å². The average Bonchev–Trinajstić information content (AvgIpc) is 3.46. The lowest BCUT2D eigenvalue weighted by atomic mass is 9.70. The van der Waals surface area contributed by atoms with Gasteiger partial charge in [-0.3, -0.25) is 30.3 Å². The van der Waals surface area contributed by atoms with Gasteiger partial charge in [-0.1, -0.05) is 0 Å². The van der Waals surface area contributed by atoms with Crippen molar-refractivity contribution in [3.63, 3.8) is 0 Å². The van der Waals surface area contributed by atoms with Crippen LogP contribution in [0.4, 0.5) is 13.2 Å². The number of piperidine rings is 3. The van der Waals surface area contributed by atoms with E-state index in [1.807, 2.05) is 0 Å². The second-order valence-electron chi connectivity index (χ2n) is 11.6. The lowest BCUT2D eigenvalue weighted by Gasteiger charge is -2.45. The van der Waals surface area contributed by atoms with E-state index in [0.717, 1.165) is 12.8 Å². The molecular formula is C25H40ClF3N6O4S. The number of carbonyl (C=O) groups is 2. The fourth-order valence-corrected chi connectivity index (χ4v) is 8.72. The van der Waals surface area contributed by atoms with E-state index >= 15 is 0 Å². The van der Waals surface area contributed by atoms with Crippen LogP contribution < -0.4 is 26.6 Å². The molecule has 2 amide bonds. The van der Waals surface area contributed by atoms with Crippen molar-refractivity contribution in [2.24, 2.45) is 17.8 Å². The molecule has 5 fully saturated rings. The Hall–Kier alpha value is -0.870. The SMILES string of the molecule is COC1CNC(Cl)CC1C1CC(C)NCC1C(=O)NC1NC2CN(C(=O)C3CCCC(OC(F)(F)F)N3)CC2S1. The van der Waals surface area contributed by atoms with Crippen molar-refractivity contribution in [3.8, 4) is 0 Å². The molecule has 5 heterocycles. The molecule has 5 N–H and O–H groups in total. The Morgan fingerprint density at radius 2 is 1.88 bits per heavy atom. The molecular weight excluding hydrogens is 573 g/mol. The number of hydrogen-bond donors (Lipinski definition) is 5. The number of likely N-dealkylation sites (tertiary alicyclic amines) is 1. The number of ether oxygens (including phenoxy) is 2. The van der Waals surface area contributed by atoms with Gasteiger partial charge < -0.3 is 20.3 Å². The number of methoxy groups -OCH3 is 1. The van der Waals surface area contributed by atoms with Crippen LogP contribution >= 0.6 is 23.4 Å². The molecule has 0 aromatic carbocycles. The van der Waals surface area contributed by atoms with Crippen LogP contribution in [0.5, 0.6) is 0 Å². The van der Waals surface area contributed by atoms with Gasteiger partial charge in [0.2, 0.25) is 11.8 Å². The molecule has 10 nitrogen and oxygen atoms in total.